The van der Waals surface area contributed by atoms with E-state index >= 15 is 0 Å². The van der Waals surface area contributed by atoms with Gasteiger partial charge in [-0.05, 0) is 48.8 Å². The standard InChI is InChI=1S/C15H25NO3S/c1-11(16)7-13-9-14(18-3)12(8-15(13)19-4)5-6-20-10-17-2/h8-9,11H,5-7,10,16H2,1-4H3. The zero-order valence-electron chi connectivity index (χ0n) is 12.8. The molecule has 0 bridgehead atoms. The average molecular weight is 299 g/mol. The fourth-order valence-corrected chi connectivity index (χ4v) is 2.70. The second kappa shape index (κ2) is 9.10. The number of hydrogen-bond donors (Lipinski definition) is 1. The molecular weight excluding hydrogens is 274 g/mol. The summed E-state index contributed by atoms with van der Waals surface area (Å²) in [5, 5.41) is 0. The van der Waals surface area contributed by atoms with Crippen LogP contribution in [-0.4, -0.2) is 39.1 Å². The van der Waals surface area contributed by atoms with E-state index in [0.717, 1.165) is 41.2 Å². The molecule has 0 amide bonds. The highest BCUT2D eigenvalue weighted by Crippen LogP contribution is 2.30. The minimum Gasteiger partial charge on any atom is -0.496 e. The van der Waals surface area contributed by atoms with Gasteiger partial charge in [0.15, 0.2) is 0 Å². The highest BCUT2D eigenvalue weighted by Gasteiger charge is 2.12. The summed E-state index contributed by atoms with van der Waals surface area (Å²) >= 11 is 1.76. The number of nitrogens with two attached hydrogens (primary N) is 1. The van der Waals surface area contributed by atoms with Crippen molar-refractivity contribution in [3.05, 3.63) is 23.3 Å². The Bertz CT molecular complexity index is 410. The van der Waals surface area contributed by atoms with Crippen LogP contribution >= 0.6 is 11.8 Å². The number of ether oxygens (including phenoxy) is 3. The van der Waals surface area contributed by atoms with Gasteiger partial charge in [0.25, 0.3) is 0 Å². The normalized spacial score (nSPS) is 12.2. The number of hydrogen-bond acceptors (Lipinski definition) is 5. The summed E-state index contributed by atoms with van der Waals surface area (Å²) in [5.74, 6) is 3.48. The molecule has 0 aliphatic rings. The van der Waals surface area contributed by atoms with Crippen LogP contribution in [0.1, 0.15) is 18.1 Å². The molecule has 0 heterocycles. The molecule has 0 saturated carbocycles. The molecule has 0 spiro atoms. The van der Waals surface area contributed by atoms with Crippen LogP contribution in [0.5, 0.6) is 11.5 Å². The molecule has 1 aromatic carbocycles. The fraction of sp³-hybridized carbons (Fsp3) is 0.600. The Morgan fingerprint density at radius 3 is 2.25 bits per heavy atom. The molecule has 114 valence electrons. The summed E-state index contributed by atoms with van der Waals surface area (Å²) in [5.41, 5.74) is 8.12. The van der Waals surface area contributed by atoms with Gasteiger partial charge in [-0.15, -0.1) is 11.8 Å². The molecule has 1 rings (SSSR count). The van der Waals surface area contributed by atoms with E-state index in [4.69, 9.17) is 19.9 Å². The lowest BCUT2D eigenvalue weighted by Gasteiger charge is -2.16. The number of thioether (sulfide) groups is 1. The van der Waals surface area contributed by atoms with Crippen molar-refractivity contribution in [1.82, 2.24) is 0 Å². The van der Waals surface area contributed by atoms with E-state index < -0.39 is 0 Å². The van der Waals surface area contributed by atoms with Gasteiger partial charge in [0.05, 0.1) is 20.2 Å². The van der Waals surface area contributed by atoms with E-state index in [2.05, 4.69) is 6.07 Å². The molecule has 0 saturated heterocycles. The van der Waals surface area contributed by atoms with Crippen LogP contribution in [0.2, 0.25) is 0 Å². The molecule has 1 aromatic rings. The molecule has 0 aliphatic heterocycles. The van der Waals surface area contributed by atoms with Crippen molar-refractivity contribution < 1.29 is 14.2 Å². The van der Waals surface area contributed by atoms with Crippen molar-refractivity contribution in [2.45, 2.75) is 25.8 Å². The first kappa shape index (κ1) is 17.1. The van der Waals surface area contributed by atoms with Gasteiger partial charge in [-0.25, -0.2) is 0 Å². The molecule has 1 unspecified atom stereocenters. The van der Waals surface area contributed by atoms with Crippen LogP contribution in [0.25, 0.3) is 0 Å². The maximum atomic E-state index is 5.88. The third kappa shape index (κ3) is 5.23. The first-order chi connectivity index (χ1) is 9.62. The second-order valence-electron chi connectivity index (χ2n) is 4.72. The number of methoxy groups -OCH3 is 3. The molecule has 0 aromatic heterocycles. The minimum atomic E-state index is 0.0942. The first-order valence-electron chi connectivity index (χ1n) is 6.68. The monoisotopic (exact) mass is 299 g/mol. The predicted octanol–water partition coefficient (Wildman–Crippen LogP) is 2.47. The van der Waals surface area contributed by atoms with Gasteiger partial charge < -0.3 is 19.9 Å². The van der Waals surface area contributed by atoms with E-state index in [-0.39, 0.29) is 6.04 Å². The number of benzene rings is 1. The van der Waals surface area contributed by atoms with E-state index in [1.54, 1.807) is 33.1 Å². The molecule has 4 nitrogen and oxygen atoms in total. The molecule has 20 heavy (non-hydrogen) atoms. The maximum absolute atomic E-state index is 5.88. The zero-order valence-corrected chi connectivity index (χ0v) is 13.6. The summed E-state index contributed by atoms with van der Waals surface area (Å²) < 4.78 is 16.0. The van der Waals surface area contributed by atoms with E-state index in [1.165, 1.54) is 0 Å². The average Bonchev–Trinajstić information content (AvgIpc) is 2.43. The van der Waals surface area contributed by atoms with E-state index in [0.29, 0.717) is 5.94 Å². The van der Waals surface area contributed by atoms with Crippen molar-refractivity contribution >= 4 is 11.8 Å². The smallest absolute Gasteiger partial charge is 0.122 e. The Labute approximate surface area is 126 Å². The summed E-state index contributed by atoms with van der Waals surface area (Å²) in [7, 11) is 5.10. The summed E-state index contributed by atoms with van der Waals surface area (Å²) in [4.78, 5) is 0. The Kier molecular flexibility index (Phi) is 7.80. The molecule has 1 atom stereocenters. The predicted molar refractivity (Wildman–Crippen MR) is 84.9 cm³/mol. The van der Waals surface area contributed by atoms with Gasteiger partial charge in [0, 0.05) is 13.2 Å². The van der Waals surface area contributed by atoms with Gasteiger partial charge >= 0.3 is 0 Å². The van der Waals surface area contributed by atoms with E-state index in [1.807, 2.05) is 13.0 Å². The van der Waals surface area contributed by atoms with Crippen molar-refractivity contribution in [2.75, 3.05) is 33.0 Å². The maximum Gasteiger partial charge on any atom is 0.122 e. The largest absolute Gasteiger partial charge is 0.496 e. The van der Waals surface area contributed by atoms with Crippen LogP contribution in [0, 0.1) is 0 Å². The van der Waals surface area contributed by atoms with Gasteiger partial charge in [-0.2, -0.15) is 0 Å². The Hall–Kier alpha value is -0.910. The highest BCUT2D eigenvalue weighted by molar-refractivity contribution is 7.99. The zero-order chi connectivity index (χ0) is 15.0. The molecule has 0 fully saturated rings. The fourth-order valence-electron chi connectivity index (χ4n) is 2.05. The third-order valence-electron chi connectivity index (χ3n) is 2.94. The second-order valence-corrected chi connectivity index (χ2v) is 5.77. The van der Waals surface area contributed by atoms with E-state index in [9.17, 15) is 0 Å². The van der Waals surface area contributed by atoms with Crippen LogP contribution in [-0.2, 0) is 17.6 Å². The van der Waals surface area contributed by atoms with Gasteiger partial charge in [0.1, 0.15) is 11.5 Å². The molecular formula is C15H25NO3S. The quantitative estimate of drug-likeness (QED) is 0.561. The Morgan fingerprint density at radius 1 is 1.10 bits per heavy atom. The highest BCUT2D eigenvalue weighted by atomic mass is 32.2. The molecule has 0 aliphatic carbocycles. The summed E-state index contributed by atoms with van der Waals surface area (Å²) in [6, 6.07) is 4.19. The van der Waals surface area contributed by atoms with Crippen molar-refractivity contribution in [3.8, 4) is 11.5 Å². The molecule has 0 radical (unpaired) electrons. The van der Waals surface area contributed by atoms with Gasteiger partial charge in [-0.1, -0.05) is 0 Å². The lowest BCUT2D eigenvalue weighted by Crippen LogP contribution is -2.18. The van der Waals surface area contributed by atoms with Crippen molar-refractivity contribution in [2.24, 2.45) is 5.73 Å². The van der Waals surface area contributed by atoms with Crippen LogP contribution in [0.4, 0.5) is 0 Å². The summed E-state index contributed by atoms with van der Waals surface area (Å²) in [6.45, 7) is 1.99. The Morgan fingerprint density at radius 2 is 1.70 bits per heavy atom. The first-order valence-corrected chi connectivity index (χ1v) is 7.83. The van der Waals surface area contributed by atoms with Crippen LogP contribution in [0.15, 0.2) is 12.1 Å². The van der Waals surface area contributed by atoms with Crippen LogP contribution < -0.4 is 15.2 Å². The number of aryl methyl sites for hydroxylation is 1. The SMILES string of the molecule is COCSCCc1cc(OC)c(CC(C)N)cc1OC. The topological polar surface area (TPSA) is 53.7 Å². The number of rotatable bonds is 9. The minimum absolute atomic E-state index is 0.0942. The Balaban J connectivity index is 2.88. The molecule has 2 N–H and O–H groups in total. The lowest BCUT2D eigenvalue weighted by atomic mass is 10.0. The summed E-state index contributed by atoms with van der Waals surface area (Å²) in [6.07, 6.45) is 1.70. The third-order valence-corrected chi connectivity index (χ3v) is 3.84. The van der Waals surface area contributed by atoms with Gasteiger partial charge in [-0.3, -0.25) is 0 Å². The van der Waals surface area contributed by atoms with Crippen molar-refractivity contribution in [1.29, 1.82) is 0 Å². The lowest BCUT2D eigenvalue weighted by molar-refractivity contribution is 0.259. The van der Waals surface area contributed by atoms with Crippen LogP contribution in [0.3, 0.4) is 0 Å². The van der Waals surface area contributed by atoms with Gasteiger partial charge in [0.2, 0.25) is 0 Å². The molecule has 5 heteroatoms. The van der Waals surface area contributed by atoms with Crippen molar-refractivity contribution in [3.63, 3.8) is 0 Å².